The fourth-order valence-electron chi connectivity index (χ4n) is 3.33. The van der Waals surface area contributed by atoms with E-state index in [1.165, 1.54) is 13.5 Å². The first kappa shape index (κ1) is 16.0. The molecule has 1 aliphatic heterocycles. The zero-order valence-electron chi connectivity index (χ0n) is 12.7. The molecule has 2 aromatic rings. The van der Waals surface area contributed by atoms with E-state index in [-0.39, 0.29) is 18.4 Å². The topological polar surface area (TPSA) is 77.2 Å². The lowest BCUT2D eigenvalue weighted by atomic mass is 10.0. The molecule has 1 aromatic heterocycles. The van der Waals surface area contributed by atoms with Gasteiger partial charge in [0.05, 0.1) is 12.7 Å². The van der Waals surface area contributed by atoms with Crippen LogP contribution in [0.2, 0.25) is 0 Å². The van der Waals surface area contributed by atoms with Crippen molar-refractivity contribution in [1.29, 1.82) is 0 Å². The van der Waals surface area contributed by atoms with Gasteiger partial charge >= 0.3 is 5.97 Å². The van der Waals surface area contributed by atoms with Crippen molar-refractivity contribution in [2.24, 2.45) is 5.41 Å². The molecule has 23 heavy (non-hydrogen) atoms. The molecule has 122 valence electrons. The van der Waals surface area contributed by atoms with Gasteiger partial charge in [-0.1, -0.05) is 17.3 Å². The molecule has 7 heteroatoms. The standard InChI is InChI=1S/C16H17N3O3.ClH/c1-21-15(20)11-4-2-3-10(7-11)13-18-14(22-19-13)12-8-16(12)5-6-17-9-16;/h2-4,7,12,17H,5-6,8-9H2,1H3;1H. The van der Waals surface area contributed by atoms with E-state index in [1.807, 2.05) is 6.07 Å². The summed E-state index contributed by atoms with van der Waals surface area (Å²) >= 11 is 0. The van der Waals surface area contributed by atoms with Crippen molar-refractivity contribution in [2.45, 2.75) is 18.8 Å². The van der Waals surface area contributed by atoms with Gasteiger partial charge in [-0.25, -0.2) is 4.79 Å². The Morgan fingerprint density at radius 3 is 3.09 bits per heavy atom. The number of carbonyl (C=O) groups excluding carboxylic acids is 1. The first-order chi connectivity index (χ1) is 10.7. The van der Waals surface area contributed by atoms with Crippen LogP contribution in [0.25, 0.3) is 11.4 Å². The molecule has 2 unspecified atom stereocenters. The number of benzene rings is 1. The molecule has 2 aliphatic rings. The highest BCUT2D eigenvalue weighted by atomic mass is 35.5. The Kier molecular flexibility index (Phi) is 4.12. The fourth-order valence-corrected chi connectivity index (χ4v) is 3.33. The number of aromatic nitrogens is 2. The second kappa shape index (κ2) is 5.94. The third-order valence-electron chi connectivity index (χ3n) is 4.75. The molecule has 1 aromatic carbocycles. The second-order valence-corrected chi connectivity index (χ2v) is 6.07. The van der Waals surface area contributed by atoms with E-state index in [0.717, 1.165) is 25.1 Å². The summed E-state index contributed by atoms with van der Waals surface area (Å²) in [6, 6.07) is 7.08. The molecule has 1 saturated heterocycles. The third-order valence-corrected chi connectivity index (χ3v) is 4.75. The van der Waals surface area contributed by atoms with Crippen LogP contribution in [-0.2, 0) is 4.74 Å². The minimum atomic E-state index is -0.372. The monoisotopic (exact) mass is 335 g/mol. The number of rotatable bonds is 3. The van der Waals surface area contributed by atoms with Crippen molar-refractivity contribution in [2.75, 3.05) is 20.2 Å². The molecule has 1 saturated carbocycles. The maximum Gasteiger partial charge on any atom is 0.337 e. The van der Waals surface area contributed by atoms with Crippen LogP contribution in [0.4, 0.5) is 0 Å². The molecule has 2 fully saturated rings. The first-order valence-corrected chi connectivity index (χ1v) is 7.45. The van der Waals surface area contributed by atoms with Crippen LogP contribution in [0.15, 0.2) is 28.8 Å². The first-order valence-electron chi connectivity index (χ1n) is 7.45. The summed E-state index contributed by atoms with van der Waals surface area (Å²) in [6.07, 6.45) is 2.29. The molecular formula is C16H18ClN3O3. The minimum Gasteiger partial charge on any atom is -0.465 e. The van der Waals surface area contributed by atoms with E-state index < -0.39 is 0 Å². The van der Waals surface area contributed by atoms with Gasteiger partial charge in [-0.05, 0) is 36.9 Å². The number of nitrogens with one attached hydrogen (secondary N) is 1. The highest BCUT2D eigenvalue weighted by molar-refractivity contribution is 5.90. The van der Waals surface area contributed by atoms with Gasteiger partial charge < -0.3 is 14.6 Å². The summed E-state index contributed by atoms with van der Waals surface area (Å²) in [7, 11) is 1.36. The SMILES string of the molecule is COC(=O)c1cccc(-c2noc(C3CC34CCNC4)n2)c1.Cl. The predicted octanol–water partition coefficient (Wildman–Crippen LogP) is 2.41. The lowest BCUT2D eigenvalue weighted by Gasteiger charge is -2.02. The summed E-state index contributed by atoms with van der Waals surface area (Å²) < 4.78 is 10.2. The number of methoxy groups -OCH3 is 1. The number of nitrogens with zero attached hydrogens (tertiary/aromatic N) is 2. The van der Waals surface area contributed by atoms with Crippen LogP contribution < -0.4 is 5.32 Å². The van der Waals surface area contributed by atoms with Crippen molar-refractivity contribution >= 4 is 18.4 Å². The van der Waals surface area contributed by atoms with E-state index in [4.69, 9.17) is 9.26 Å². The quantitative estimate of drug-likeness (QED) is 0.868. The number of esters is 1. The molecule has 0 bridgehead atoms. The van der Waals surface area contributed by atoms with E-state index in [9.17, 15) is 4.79 Å². The smallest absolute Gasteiger partial charge is 0.337 e. The minimum absolute atomic E-state index is 0. The summed E-state index contributed by atoms with van der Waals surface area (Å²) in [5.41, 5.74) is 1.57. The van der Waals surface area contributed by atoms with E-state index in [0.29, 0.717) is 28.6 Å². The Morgan fingerprint density at radius 2 is 2.35 bits per heavy atom. The van der Waals surface area contributed by atoms with E-state index in [1.54, 1.807) is 18.2 Å². The maximum atomic E-state index is 11.6. The van der Waals surface area contributed by atoms with Gasteiger partial charge in [-0.2, -0.15) is 4.98 Å². The Bertz CT molecular complexity index is 725. The second-order valence-electron chi connectivity index (χ2n) is 6.07. The van der Waals surface area contributed by atoms with Crippen LogP contribution in [0.3, 0.4) is 0 Å². The average Bonchev–Trinajstić information content (AvgIpc) is 2.94. The Morgan fingerprint density at radius 1 is 1.48 bits per heavy atom. The van der Waals surface area contributed by atoms with Crippen molar-refractivity contribution in [3.05, 3.63) is 35.7 Å². The lowest BCUT2D eigenvalue weighted by Crippen LogP contribution is -2.10. The summed E-state index contributed by atoms with van der Waals surface area (Å²) in [6.45, 7) is 2.10. The normalized spacial score (nSPS) is 25.2. The van der Waals surface area contributed by atoms with Crippen LogP contribution in [-0.4, -0.2) is 36.3 Å². The molecule has 6 nitrogen and oxygen atoms in total. The van der Waals surface area contributed by atoms with E-state index in [2.05, 4.69) is 15.5 Å². The molecule has 0 amide bonds. The molecule has 2 heterocycles. The molecule has 1 N–H and O–H groups in total. The van der Waals surface area contributed by atoms with Gasteiger partial charge in [0, 0.05) is 18.0 Å². The number of hydrogen-bond donors (Lipinski definition) is 1. The number of ether oxygens (including phenoxy) is 1. The van der Waals surface area contributed by atoms with Gasteiger partial charge in [-0.3, -0.25) is 0 Å². The maximum absolute atomic E-state index is 11.6. The lowest BCUT2D eigenvalue weighted by molar-refractivity contribution is 0.0601. The van der Waals surface area contributed by atoms with Crippen LogP contribution in [0.5, 0.6) is 0 Å². The third kappa shape index (κ3) is 2.72. The molecule has 1 aliphatic carbocycles. The Hall–Kier alpha value is -1.92. The molecule has 0 radical (unpaired) electrons. The highest BCUT2D eigenvalue weighted by Gasteiger charge is 2.58. The van der Waals surface area contributed by atoms with Crippen molar-refractivity contribution in [3.63, 3.8) is 0 Å². The van der Waals surface area contributed by atoms with Gasteiger partial charge in [-0.15, -0.1) is 12.4 Å². The number of hydrogen-bond acceptors (Lipinski definition) is 6. The zero-order chi connectivity index (χ0) is 15.2. The van der Waals surface area contributed by atoms with Crippen molar-refractivity contribution < 1.29 is 14.1 Å². The number of carbonyl (C=O) groups is 1. The molecule has 1 spiro atoms. The van der Waals surface area contributed by atoms with Gasteiger partial charge in [0.1, 0.15) is 0 Å². The zero-order valence-corrected chi connectivity index (χ0v) is 13.6. The summed E-state index contributed by atoms with van der Waals surface area (Å²) in [5, 5.41) is 7.47. The van der Waals surface area contributed by atoms with Crippen molar-refractivity contribution in [3.8, 4) is 11.4 Å². The van der Waals surface area contributed by atoms with Crippen molar-refractivity contribution in [1.82, 2.24) is 15.5 Å². The van der Waals surface area contributed by atoms with Crippen LogP contribution >= 0.6 is 12.4 Å². The van der Waals surface area contributed by atoms with Crippen LogP contribution in [0.1, 0.15) is 35.0 Å². The molecular weight excluding hydrogens is 318 g/mol. The van der Waals surface area contributed by atoms with Crippen LogP contribution in [0, 0.1) is 5.41 Å². The van der Waals surface area contributed by atoms with Gasteiger partial charge in [0.25, 0.3) is 0 Å². The van der Waals surface area contributed by atoms with Gasteiger partial charge in [0.15, 0.2) is 0 Å². The summed E-state index contributed by atoms with van der Waals surface area (Å²) in [5.74, 6) is 1.23. The largest absolute Gasteiger partial charge is 0.465 e. The van der Waals surface area contributed by atoms with Gasteiger partial charge in [0.2, 0.25) is 11.7 Å². The predicted molar refractivity (Wildman–Crippen MR) is 85.6 cm³/mol. The fraction of sp³-hybridized carbons (Fsp3) is 0.438. The number of halogens is 1. The van der Waals surface area contributed by atoms with E-state index >= 15 is 0 Å². The Balaban J connectivity index is 0.00000156. The summed E-state index contributed by atoms with van der Waals surface area (Å²) in [4.78, 5) is 16.1. The Labute approximate surface area is 140 Å². The highest BCUT2D eigenvalue weighted by Crippen LogP contribution is 2.62. The molecule has 4 rings (SSSR count). The average molecular weight is 336 g/mol. The molecule has 2 atom stereocenters.